The number of nitrogens with zero attached hydrogens (tertiary/aromatic N) is 3. The van der Waals surface area contributed by atoms with Gasteiger partial charge in [-0.2, -0.15) is 5.10 Å². The number of piperidine rings is 1. The second kappa shape index (κ2) is 8.49. The minimum atomic E-state index is -0.512. The van der Waals surface area contributed by atoms with Gasteiger partial charge in [-0.15, -0.1) is 0 Å². The van der Waals surface area contributed by atoms with E-state index in [0.29, 0.717) is 12.1 Å². The summed E-state index contributed by atoms with van der Waals surface area (Å²) in [4.78, 5) is 26.7. The number of benzene rings is 1. The van der Waals surface area contributed by atoms with Gasteiger partial charge < -0.3 is 10.2 Å². The first-order valence-corrected chi connectivity index (χ1v) is 9.69. The Hall–Kier alpha value is -2.15. The Kier molecular flexibility index (Phi) is 6.08. The molecule has 0 saturated carbocycles. The van der Waals surface area contributed by atoms with Crippen LogP contribution in [-0.4, -0.2) is 45.6 Å². The molecule has 26 heavy (non-hydrogen) atoms. The van der Waals surface area contributed by atoms with E-state index in [1.165, 1.54) is 6.42 Å². The first-order valence-electron chi connectivity index (χ1n) is 8.89. The topological polar surface area (TPSA) is 67.2 Å². The van der Waals surface area contributed by atoms with Gasteiger partial charge in [-0.1, -0.05) is 12.1 Å². The van der Waals surface area contributed by atoms with Gasteiger partial charge in [0, 0.05) is 24.8 Å². The lowest BCUT2D eigenvalue weighted by Crippen LogP contribution is -2.48. The van der Waals surface area contributed by atoms with Gasteiger partial charge in [0.1, 0.15) is 6.04 Å². The standard InChI is InChI=1S/C19H23BrN4O2/c1-14(19(26)23-9-3-2-4-10-23)22-18(25)16-7-5-15(6-8-16)12-24-13-17(20)11-21-24/h5-8,11,13-14H,2-4,9-10,12H2,1H3,(H,22,25)/t14-/m1/s1. The molecular weight excluding hydrogens is 396 g/mol. The molecule has 6 nitrogen and oxygen atoms in total. The molecule has 2 heterocycles. The fourth-order valence-corrected chi connectivity index (χ4v) is 3.43. The van der Waals surface area contributed by atoms with Crippen molar-refractivity contribution >= 4 is 27.7 Å². The smallest absolute Gasteiger partial charge is 0.251 e. The molecular formula is C19H23BrN4O2. The number of carbonyl (C=O) groups is 2. The predicted molar refractivity (Wildman–Crippen MR) is 103 cm³/mol. The number of halogens is 1. The Balaban J connectivity index is 1.56. The fraction of sp³-hybridized carbons (Fsp3) is 0.421. The van der Waals surface area contributed by atoms with Crippen molar-refractivity contribution in [2.24, 2.45) is 0 Å². The largest absolute Gasteiger partial charge is 0.341 e. The van der Waals surface area contributed by atoms with E-state index in [2.05, 4.69) is 26.3 Å². The number of amides is 2. The molecule has 1 N–H and O–H groups in total. The van der Waals surface area contributed by atoms with Crippen molar-refractivity contribution in [2.45, 2.75) is 38.8 Å². The average Bonchev–Trinajstić information content (AvgIpc) is 3.07. The van der Waals surface area contributed by atoms with E-state index >= 15 is 0 Å². The molecule has 0 aliphatic carbocycles. The van der Waals surface area contributed by atoms with Crippen LogP contribution in [0.3, 0.4) is 0 Å². The third kappa shape index (κ3) is 4.72. The van der Waals surface area contributed by atoms with Gasteiger partial charge in [-0.3, -0.25) is 14.3 Å². The second-order valence-electron chi connectivity index (χ2n) is 6.63. The summed E-state index contributed by atoms with van der Waals surface area (Å²) in [6.07, 6.45) is 6.89. The molecule has 1 aromatic heterocycles. The maximum atomic E-state index is 12.4. The van der Waals surface area contributed by atoms with Crippen molar-refractivity contribution in [3.63, 3.8) is 0 Å². The zero-order chi connectivity index (χ0) is 18.5. The average molecular weight is 419 g/mol. The molecule has 7 heteroatoms. The molecule has 3 rings (SSSR count). The van der Waals surface area contributed by atoms with Gasteiger partial charge in [0.2, 0.25) is 5.91 Å². The van der Waals surface area contributed by atoms with Crippen molar-refractivity contribution < 1.29 is 9.59 Å². The van der Waals surface area contributed by atoms with Crippen LogP contribution in [0.4, 0.5) is 0 Å². The number of hydrogen-bond acceptors (Lipinski definition) is 3. The van der Waals surface area contributed by atoms with Gasteiger partial charge in [-0.25, -0.2) is 0 Å². The molecule has 138 valence electrons. The van der Waals surface area contributed by atoms with Crippen molar-refractivity contribution in [3.8, 4) is 0 Å². The van der Waals surface area contributed by atoms with E-state index in [4.69, 9.17) is 0 Å². The van der Waals surface area contributed by atoms with Crippen molar-refractivity contribution in [1.29, 1.82) is 0 Å². The first-order chi connectivity index (χ1) is 12.5. The van der Waals surface area contributed by atoms with Crippen LogP contribution in [0, 0.1) is 0 Å². The molecule has 2 aromatic rings. The summed E-state index contributed by atoms with van der Waals surface area (Å²) in [5.74, 6) is -0.227. The summed E-state index contributed by atoms with van der Waals surface area (Å²) in [6, 6.07) is 6.85. The monoisotopic (exact) mass is 418 g/mol. The summed E-state index contributed by atoms with van der Waals surface area (Å²) < 4.78 is 2.75. The highest BCUT2D eigenvalue weighted by molar-refractivity contribution is 9.10. The summed E-state index contributed by atoms with van der Waals surface area (Å²) >= 11 is 3.37. The number of aromatic nitrogens is 2. The number of nitrogens with one attached hydrogen (secondary N) is 1. The molecule has 1 saturated heterocycles. The highest BCUT2D eigenvalue weighted by atomic mass is 79.9. The van der Waals surface area contributed by atoms with E-state index in [-0.39, 0.29) is 11.8 Å². The minimum Gasteiger partial charge on any atom is -0.341 e. The van der Waals surface area contributed by atoms with Gasteiger partial charge in [-0.05, 0) is 59.8 Å². The van der Waals surface area contributed by atoms with E-state index in [0.717, 1.165) is 36.0 Å². The molecule has 1 aliphatic heterocycles. The van der Waals surface area contributed by atoms with Gasteiger partial charge in [0.25, 0.3) is 5.91 Å². The van der Waals surface area contributed by atoms with Crippen molar-refractivity contribution in [2.75, 3.05) is 13.1 Å². The lowest BCUT2D eigenvalue weighted by molar-refractivity contribution is -0.133. The molecule has 1 aromatic carbocycles. The lowest BCUT2D eigenvalue weighted by Gasteiger charge is -2.29. The van der Waals surface area contributed by atoms with Crippen molar-refractivity contribution in [1.82, 2.24) is 20.0 Å². The number of carbonyl (C=O) groups excluding carboxylic acids is 2. The second-order valence-corrected chi connectivity index (χ2v) is 7.55. The molecule has 1 atom stereocenters. The van der Waals surface area contributed by atoms with Crippen LogP contribution in [0.25, 0.3) is 0 Å². The summed E-state index contributed by atoms with van der Waals surface area (Å²) in [6.45, 7) is 3.96. The predicted octanol–water partition coefficient (Wildman–Crippen LogP) is 2.82. The molecule has 0 radical (unpaired) electrons. The van der Waals surface area contributed by atoms with E-state index in [1.54, 1.807) is 25.3 Å². The fourth-order valence-electron chi connectivity index (χ4n) is 3.10. The maximum absolute atomic E-state index is 12.4. The van der Waals surface area contributed by atoms with E-state index in [1.807, 2.05) is 27.9 Å². The Morgan fingerprint density at radius 2 is 1.88 bits per heavy atom. The van der Waals surface area contributed by atoms with E-state index in [9.17, 15) is 9.59 Å². The summed E-state index contributed by atoms with van der Waals surface area (Å²) in [5.41, 5.74) is 1.60. The number of likely N-dealkylation sites (tertiary alicyclic amines) is 1. The van der Waals surface area contributed by atoms with E-state index < -0.39 is 6.04 Å². The Morgan fingerprint density at radius 3 is 2.50 bits per heavy atom. The molecule has 0 unspecified atom stereocenters. The lowest BCUT2D eigenvalue weighted by atomic mass is 10.1. The van der Waals surface area contributed by atoms with Crippen molar-refractivity contribution in [3.05, 3.63) is 52.3 Å². The van der Waals surface area contributed by atoms with Crippen LogP contribution in [0.5, 0.6) is 0 Å². The van der Waals surface area contributed by atoms with Crippen LogP contribution in [-0.2, 0) is 11.3 Å². The third-order valence-electron chi connectivity index (χ3n) is 4.55. The highest BCUT2D eigenvalue weighted by Gasteiger charge is 2.23. The Bertz CT molecular complexity index is 766. The molecule has 1 fully saturated rings. The maximum Gasteiger partial charge on any atom is 0.251 e. The number of rotatable bonds is 5. The zero-order valence-corrected chi connectivity index (χ0v) is 16.4. The third-order valence-corrected chi connectivity index (χ3v) is 4.96. The van der Waals surface area contributed by atoms with Crippen LogP contribution in [0.1, 0.15) is 42.1 Å². The SMILES string of the molecule is C[C@@H](NC(=O)c1ccc(Cn2cc(Br)cn2)cc1)C(=O)N1CCCCC1. The molecule has 0 spiro atoms. The Labute approximate surface area is 161 Å². The molecule has 0 bridgehead atoms. The Morgan fingerprint density at radius 1 is 1.19 bits per heavy atom. The quantitative estimate of drug-likeness (QED) is 0.811. The van der Waals surface area contributed by atoms with Gasteiger partial charge >= 0.3 is 0 Å². The van der Waals surface area contributed by atoms with Crippen LogP contribution in [0.2, 0.25) is 0 Å². The highest BCUT2D eigenvalue weighted by Crippen LogP contribution is 2.12. The number of hydrogen-bond donors (Lipinski definition) is 1. The molecule has 2 amide bonds. The summed E-state index contributed by atoms with van der Waals surface area (Å²) in [7, 11) is 0. The van der Waals surface area contributed by atoms with Gasteiger partial charge in [0.05, 0.1) is 17.2 Å². The minimum absolute atomic E-state index is 0.000991. The molecule has 1 aliphatic rings. The first kappa shape index (κ1) is 18.6. The van der Waals surface area contributed by atoms with Gasteiger partial charge in [0.15, 0.2) is 0 Å². The summed E-state index contributed by atoms with van der Waals surface area (Å²) in [5, 5.41) is 7.03. The zero-order valence-electron chi connectivity index (χ0n) is 14.8. The van der Waals surface area contributed by atoms with Crippen LogP contribution >= 0.6 is 15.9 Å². The van der Waals surface area contributed by atoms with Crippen LogP contribution < -0.4 is 5.32 Å². The normalized spacial score (nSPS) is 15.5. The van der Waals surface area contributed by atoms with Crippen LogP contribution in [0.15, 0.2) is 41.1 Å².